The van der Waals surface area contributed by atoms with Crippen LogP contribution >= 0.6 is 15.9 Å². The van der Waals surface area contributed by atoms with Crippen LogP contribution in [-0.2, 0) is 0 Å². The van der Waals surface area contributed by atoms with Crippen molar-refractivity contribution in [3.8, 4) is 0 Å². The summed E-state index contributed by atoms with van der Waals surface area (Å²) in [5.41, 5.74) is 2.56. The van der Waals surface area contributed by atoms with Crippen molar-refractivity contribution in [2.24, 2.45) is 0 Å². The van der Waals surface area contributed by atoms with E-state index in [0.29, 0.717) is 5.92 Å². The molecule has 0 amide bonds. The van der Waals surface area contributed by atoms with Crippen LogP contribution < -0.4 is 5.32 Å². The average Bonchev–Trinajstić information content (AvgIpc) is 2.75. The summed E-state index contributed by atoms with van der Waals surface area (Å²) in [6.07, 6.45) is 1.08. The highest BCUT2D eigenvalue weighted by molar-refractivity contribution is 9.10. The predicted octanol–water partition coefficient (Wildman–Crippen LogP) is 3.99. The quantitative estimate of drug-likeness (QED) is 0.853. The maximum Gasteiger partial charge on any atom is 0.169 e. The molecule has 1 atom stereocenters. The molecular formula is C13H12BrNO. The molecule has 1 aliphatic rings. The van der Waals surface area contributed by atoms with Gasteiger partial charge in [-0.2, -0.15) is 0 Å². The minimum atomic E-state index is 0.378. The monoisotopic (exact) mass is 277 g/mol. The molecule has 1 aromatic heterocycles. The molecule has 0 radical (unpaired) electrons. The molecule has 2 nitrogen and oxygen atoms in total. The van der Waals surface area contributed by atoms with E-state index in [4.69, 9.17) is 4.42 Å². The predicted molar refractivity (Wildman–Crippen MR) is 67.8 cm³/mol. The first-order chi connectivity index (χ1) is 7.84. The van der Waals surface area contributed by atoms with Crippen molar-refractivity contribution < 1.29 is 4.42 Å². The molecule has 2 heterocycles. The Bertz CT molecular complexity index is 506. The van der Waals surface area contributed by atoms with Crippen LogP contribution in [0.5, 0.6) is 0 Å². The van der Waals surface area contributed by atoms with Crippen LogP contribution in [0.3, 0.4) is 0 Å². The lowest BCUT2D eigenvalue weighted by molar-refractivity contribution is 0.457. The van der Waals surface area contributed by atoms with E-state index in [1.54, 1.807) is 0 Å². The number of furan rings is 1. The summed E-state index contributed by atoms with van der Waals surface area (Å²) >= 11 is 3.36. The van der Waals surface area contributed by atoms with Gasteiger partial charge in [0.25, 0.3) is 0 Å². The lowest BCUT2D eigenvalue weighted by atomic mass is 9.89. The standard InChI is InChI=1S/C13H12BrNO/c14-13-6-5-12(16-13)10-7-8-15-11-4-2-1-3-9(10)11/h1-6,10,15H,7-8H2. The fourth-order valence-corrected chi connectivity index (χ4v) is 2.60. The third-order valence-corrected chi connectivity index (χ3v) is 3.45. The summed E-state index contributed by atoms with van der Waals surface area (Å²) in [7, 11) is 0. The lowest BCUT2D eigenvalue weighted by Gasteiger charge is -2.25. The maximum atomic E-state index is 5.67. The third-order valence-electron chi connectivity index (χ3n) is 3.02. The Morgan fingerprint density at radius 1 is 1.19 bits per heavy atom. The number of benzene rings is 1. The highest BCUT2D eigenvalue weighted by atomic mass is 79.9. The van der Waals surface area contributed by atoms with Crippen molar-refractivity contribution >= 4 is 21.6 Å². The molecular weight excluding hydrogens is 266 g/mol. The molecule has 0 saturated heterocycles. The van der Waals surface area contributed by atoms with Crippen LogP contribution in [0.1, 0.15) is 23.7 Å². The maximum absolute atomic E-state index is 5.67. The van der Waals surface area contributed by atoms with E-state index in [2.05, 4.69) is 51.6 Å². The van der Waals surface area contributed by atoms with Gasteiger partial charge in [-0.3, -0.25) is 0 Å². The smallest absolute Gasteiger partial charge is 0.169 e. The number of fused-ring (bicyclic) bond motifs is 1. The van der Waals surface area contributed by atoms with Gasteiger partial charge >= 0.3 is 0 Å². The minimum Gasteiger partial charge on any atom is -0.454 e. The minimum absolute atomic E-state index is 0.378. The Morgan fingerprint density at radius 3 is 2.88 bits per heavy atom. The summed E-state index contributed by atoms with van der Waals surface area (Å²) in [6, 6.07) is 12.4. The van der Waals surface area contributed by atoms with Gasteiger partial charge < -0.3 is 9.73 Å². The average molecular weight is 278 g/mol. The molecule has 3 rings (SSSR count). The number of anilines is 1. The van der Waals surface area contributed by atoms with Crippen molar-refractivity contribution in [3.05, 3.63) is 52.4 Å². The van der Waals surface area contributed by atoms with Crippen LogP contribution in [0.25, 0.3) is 0 Å². The first-order valence-corrected chi connectivity index (χ1v) is 6.22. The molecule has 2 aromatic rings. The number of para-hydroxylation sites is 1. The molecule has 1 aliphatic heterocycles. The number of halogens is 1. The molecule has 0 fully saturated rings. The zero-order chi connectivity index (χ0) is 11.0. The Kier molecular flexibility index (Phi) is 2.48. The van der Waals surface area contributed by atoms with E-state index in [9.17, 15) is 0 Å². The summed E-state index contributed by atoms with van der Waals surface area (Å²) in [6.45, 7) is 1.000. The largest absolute Gasteiger partial charge is 0.454 e. The molecule has 3 heteroatoms. The van der Waals surface area contributed by atoms with Crippen LogP contribution in [0.15, 0.2) is 45.5 Å². The van der Waals surface area contributed by atoms with Gasteiger partial charge in [0.1, 0.15) is 5.76 Å². The van der Waals surface area contributed by atoms with Gasteiger partial charge in [0.2, 0.25) is 0 Å². The number of hydrogen-bond donors (Lipinski definition) is 1. The Labute approximate surface area is 103 Å². The third kappa shape index (κ3) is 1.65. The Balaban J connectivity index is 2.04. The van der Waals surface area contributed by atoms with Crippen LogP contribution in [0, 0.1) is 0 Å². The van der Waals surface area contributed by atoms with Crippen molar-refractivity contribution in [1.29, 1.82) is 0 Å². The van der Waals surface area contributed by atoms with Crippen molar-refractivity contribution in [2.75, 3.05) is 11.9 Å². The molecule has 82 valence electrons. The van der Waals surface area contributed by atoms with E-state index < -0.39 is 0 Å². The van der Waals surface area contributed by atoms with Gasteiger partial charge in [-0.15, -0.1) is 0 Å². The van der Waals surface area contributed by atoms with Gasteiger partial charge in [-0.25, -0.2) is 0 Å². The van der Waals surface area contributed by atoms with Crippen LogP contribution in [-0.4, -0.2) is 6.54 Å². The number of hydrogen-bond acceptors (Lipinski definition) is 2. The first-order valence-electron chi connectivity index (χ1n) is 5.42. The van der Waals surface area contributed by atoms with Crippen molar-refractivity contribution in [1.82, 2.24) is 0 Å². The van der Waals surface area contributed by atoms with Crippen LogP contribution in [0.2, 0.25) is 0 Å². The topological polar surface area (TPSA) is 25.2 Å². The fourth-order valence-electron chi connectivity index (χ4n) is 2.28. The van der Waals surface area contributed by atoms with E-state index in [1.807, 2.05) is 6.07 Å². The summed E-state index contributed by atoms with van der Waals surface area (Å²) in [5.74, 6) is 1.42. The second kappa shape index (κ2) is 3.98. The van der Waals surface area contributed by atoms with Crippen LogP contribution in [0.4, 0.5) is 5.69 Å². The summed E-state index contributed by atoms with van der Waals surface area (Å²) < 4.78 is 6.47. The fraction of sp³-hybridized carbons (Fsp3) is 0.231. The van der Waals surface area contributed by atoms with E-state index in [1.165, 1.54) is 11.3 Å². The second-order valence-corrected chi connectivity index (χ2v) is 4.78. The summed E-state index contributed by atoms with van der Waals surface area (Å²) in [4.78, 5) is 0. The van der Waals surface area contributed by atoms with E-state index in [-0.39, 0.29) is 0 Å². The Morgan fingerprint density at radius 2 is 2.06 bits per heavy atom. The van der Waals surface area contributed by atoms with Gasteiger partial charge in [0.15, 0.2) is 4.67 Å². The molecule has 0 saturated carbocycles. The van der Waals surface area contributed by atoms with E-state index >= 15 is 0 Å². The lowest BCUT2D eigenvalue weighted by Crippen LogP contribution is -2.16. The molecule has 1 N–H and O–H groups in total. The summed E-state index contributed by atoms with van der Waals surface area (Å²) in [5, 5.41) is 3.42. The first kappa shape index (κ1) is 9.97. The molecule has 0 bridgehead atoms. The second-order valence-electron chi connectivity index (χ2n) is 4.00. The van der Waals surface area contributed by atoms with E-state index in [0.717, 1.165) is 23.4 Å². The van der Waals surface area contributed by atoms with Gasteiger partial charge in [0.05, 0.1) is 0 Å². The van der Waals surface area contributed by atoms with Gasteiger partial charge in [-0.1, -0.05) is 18.2 Å². The Hall–Kier alpha value is -1.22. The molecule has 1 aromatic carbocycles. The zero-order valence-electron chi connectivity index (χ0n) is 8.74. The molecule has 0 aliphatic carbocycles. The zero-order valence-corrected chi connectivity index (χ0v) is 10.3. The normalized spacial score (nSPS) is 18.9. The van der Waals surface area contributed by atoms with Gasteiger partial charge in [0, 0.05) is 18.2 Å². The number of rotatable bonds is 1. The van der Waals surface area contributed by atoms with Crippen molar-refractivity contribution in [3.63, 3.8) is 0 Å². The SMILES string of the molecule is Brc1ccc(C2CCNc3ccccc32)o1. The van der Waals surface area contributed by atoms with Crippen molar-refractivity contribution in [2.45, 2.75) is 12.3 Å². The highest BCUT2D eigenvalue weighted by Crippen LogP contribution is 2.37. The molecule has 0 spiro atoms. The number of nitrogens with one attached hydrogen (secondary N) is 1. The molecule has 16 heavy (non-hydrogen) atoms. The molecule has 1 unspecified atom stereocenters. The van der Waals surface area contributed by atoms with Gasteiger partial charge in [-0.05, 0) is 46.1 Å². The highest BCUT2D eigenvalue weighted by Gasteiger charge is 2.23.